The molecule has 0 saturated carbocycles. The molecule has 6 nitrogen and oxygen atoms in total. The molecule has 1 heterocycles. The molecular formula is C20H22N2O4. The number of ether oxygens (including phenoxy) is 2. The summed E-state index contributed by atoms with van der Waals surface area (Å²) >= 11 is 0. The van der Waals surface area contributed by atoms with E-state index in [1.54, 1.807) is 32.4 Å². The number of carbonyl (C=O) groups excluding carboxylic acids is 2. The van der Waals surface area contributed by atoms with Crippen molar-refractivity contribution in [1.29, 1.82) is 0 Å². The van der Waals surface area contributed by atoms with Gasteiger partial charge in [0.15, 0.2) is 0 Å². The van der Waals surface area contributed by atoms with Crippen LogP contribution in [0.1, 0.15) is 18.9 Å². The summed E-state index contributed by atoms with van der Waals surface area (Å²) in [6.45, 7) is 2.06. The zero-order chi connectivity index (χ0) is 18.7. The Hall–Kier alpha value is -3.02. The van der Waals surface area contributed by atoms with Crippen molar-refractivity contribution >= 4 is 23.2 Å². The number of hydrogen-bond donors (Lipinski definition) is 1. The first-order chi connectivity index (χ1) is 12.6. The van der Waals surface area contributed by atoms with Crippen LogP contribution in [-0.4, -0.2) is 32.1 Å². The minimum Gasteiger partial charge on any atom is -0.497 e. The van der Waals surface area contributed by atoms with E-state index >= 15 is 0 Å². The molecule has 2 aromatic rings. The van der Waals surface area contributed by atoms with E-state index in [1.165, 1.54) is 4.90 Å². The van der Waals surface area contributed by atoms with Gasteiger partial charge in [0.05, 0.1) is 32.0 Å². The number of anilines is 2. The molecule has 26 heavy (non-hydrogen) atoms. The first-order valence-corrected chi connectivity index (χ1v) is 8.51. The van der Waals surface area contributed by atoms with Gasteiger partial charge in [0.25, 0.3) is 5.91 Å². The van der Waals surface area contributed by atoms with Crippen molar-refractivity contribution in [2.75, 3.05) is 24.4 Å². The Morgan fingerprint density at radius 1 is 1.08 bits per heavy atom. The third-order valence-corrected chi connectivity index (χ3v) is 4.49. The van der Waals surface area contributed by atoms with Crippen molar-refractivity contribution in [2.45, 2.75) is 25.8 Å². The molecule has 6 heteroatoms. The normalized spacial score (nSPS) is 16.7. The molecule has 1 N–H and O–H groups in total. The van der Waals surface area contributed by atoms with Gasteiger partial charge in [0.1, 0.15) is 17.5 Å². The zero-order valence-electron chi connectivity index (χ0n) is 15.1. The first kappa shape index (κ1) is 17.8. The van der Waals surface area contributed by atoms with Crippen LogP contribution in [0.15, 0.2) is 42.5 Å². The molecule has 1 fully saturated rings. The Morgan fingerprint density at radius 2 is 1.81 bits per heavy atom. The number of nitrogens with one attached hydrogen (secondary N) is 1. The van der Waals surface area contributed by atoms with Crippen LogP contribution in [0.25, 0.3) is 0 Å². The quantitative estimate of drug-likeness (QED) is 0.808. The second-order valence-electron chi connectivity index (χ2n) is 6.05. The second kappa shape index (κ2) is 7.47. The smallest absolute Gasteiger partial charge is 0.256 e. The first-order valence-electron chi connectivity index (χ1n) is 8.51. The summed E-state index contributed by atoms with van der Waals surface area (Å²) in [5.74, 6) is 0.718. The molecule has 2 aromatic carbocycles. The number of carbonyl (C=O) groups is 2. The van der Waals surface area contributed by atoms with Gasteiger partial charge in [-0.25, -0.2) is 4.90 Å². The maximum Gasteiger partial charge on any atom is 0.256 e. The number of methoxy groups -OCH3 is 2. The second-order valence-corrected chi connectivity index (χ2v) is 6.05. The summed E-state index contributed by atoms with van der Waals surface area (Å²) in [6.07, 6.45) is 1.01. The Kier molecular flexibility index (Phi) is 5.11. The van der Waals surface area contributed by atoms with Gasteiger partial charge in [-0.3, -0.25) is 9.59 Å². The van der Waals surface area contributed by atoms with E-state index in [0.717, 1.165) is 12.0 Å². The summed E-state index contributed by atoms with van der Waals surface area (Å²) in [6, 6.07) is 12.1. The van der Waals surface area contributed by atoms with Crippen LogP contribution in [0.5, 0.6) is 11.5 Å². The van der Waals surface area contributed by atoms with E-state index in [1.807, 2.05) is 24.3 Å². The summed E-state index contributed by atoms with van der Waals surface area (Å²) in [7, 11) is 3.12. The molecule has 1 atom stereocenters. The Morgan fingerprint density at radius 3 is 2.42 bits per heavy atom. The van der Waals surface area contributed by atoms with Crippen molar-refractivity contribution < 1.29 is 19.1 Å². The summed E-state index contributed by atoms with van der Waals surface area (Å²) < 4.78 is 10.5. The molecule has 2 amide bonds. The van der Waals surface area contributed by atoms with E-state index in [-0.39, 0.29) is 18.2 Å². The fraction of sp³-hybridized carbons (Fsp3) is 0.300. The molecule has 0 unspecified atom stereocenters. The van der Waals surface area contributed by atoms with Crippen LogP contribution in [0, 0.1) is 0 Å². The number of nitrogens with zero attached hydrogens (tertiary/aromatic N) is 1. The summed E-state index contributed by atoms with van der Waals surface area (Å²) in [5.41, 5.74) is 2.40. The van der Waals surface area contributed by atoms with Gasteiger partial charge >= 0.3 is 0 Å². The minimum atomic E-state index is -0.629. The van der Waals surface area contributed by atoms with E-state index in [9.17, 15) is 9.59 Å². The molecule has 3 rings (SSSR count). The number of rotatable bonds is 6. The fourth-order valence-corrected chi connectivity index (χ4v) is 3.00. The fourth-order valence-electron chi connectivity index (χ4n) is 3.00. The molecule has 0 aromatic heterocycles. The number of benzene rings is 2. The van der Waals surface area contributed by atoms with Crippen molar-refractivity contribution in [3.05, 3.63) is 48.0 Å². The van der Waals surface area contributed by atoms with Crippen LogP contribution < -0.4 is 19.7 Å². The lowest BCUT2D eigenvalue weighted by molar-refractivity contribution is -0.121. The van der Waals surface area contributed by atoms with Gasteiger partial charge in [-0.05, 0) is 36.2 Å². The maximum atomic E-state index is 12.8. The van der Waals surface area contributed by atoms with E-state index in [2.05, 4.69) is 12.2 Å². The third-order valence-electron chi connectivity index (χ3n) is 4.49. The Balaban J connectivity index is 1.80. The van der Waals surface area contributed by atoms with E-state index < -0.39 is 6.04 Å². The van der Waals surface area contributed by atoms with E-state index in [0.29, 0.717) is 22.9 Å². The molecule has 136 valence electrons. The maximum absolute atomic E-state index is 12.8. The highest BCUT2D eigenvalue weighted by Crippen LogP contribution is 2.32. The molecule has 0 spiro atoms. The van der Waals surface area contributed by atoms with Gasteiger partial charge < -0.3 is 14.8 Å². The lowest BCUT2D eigenvalue weighted by Gasteiger charge is -2.18. The van der Waals surface area contributed by atoms with Crippen LogP contribution in [0.4, 0.5) is 11.4 Å². The highest BCUT2D eigenvalue weighted by atomic mass is 16.5. The number of hydrogen-bond acceptors (Lipinski definition) is 5. The number of imide groups is 1. The van der Waals surface area contributed by atoms with Crippen LogP contribution in [0.2, 0.25) is 0 Å². The predicted molar refractivity (Wildman–Crippen MR) is 99.9 cm³/mol. The Bertz CT molecular complexity index is 817. The molecule has 1 saturated heterocycles. The van der Waals surface area contributed by atoms with E-state index in [4.69, 9.17) is 9.47 Å². The highest BCUT2D eigenvalue weighted by molar-refractivity contribution is 6.23. The van der Waals surface area contributed by atoms with Gasteiger partial charge in [0, 0.05) is 6.07 Å². The van der Waals surface area contributed by atoms with Crippen molar-refractivity contribution in [1.82, 2.24) is 0 Å². The number of amides is 2. The molecule has 0 bridgehead atoms. The average molecular weight is 354 g/mol. The highest BCUT2D eigenvalue weighted by Gasteiger charge is 2.39. The molecule has 1 aliphatic rings. The zero-order valence-corrected chi connectivity index (χ0v) is 15.1. The predicted octanol–water partition coefficient (Wildman–Crippen LogP) is 3.01. The van der Waals surface area contributed by atoms with Gasteiger partial charge in [-0.2, -0.15) is 0 Å². The molecular weight excluding hydrogens is 332 g/mol. The largest absolute Gasteiger partial charge is 0.497 e. The topological polar surface area (TPSA) is 67.9 Å². The van der Waals surface area contributed by atoms with Crippen molar-refractivity contribution in [2.24, 2.45) is 0 Å². The van der Waals surface area contributed by atoms with Crippen molar-refractivity contribution in [3.8, 4) is 11.5 Å². The lowest BCUT2D eigenvalue weighted by atomic mass is 10.1. The monoisotopic (exact) mass is 354 g/mol. The Labute approximate surface area is 152 Å². The van der Waals surface area contributed by atoms with Gasteiger partial charge in [0.2, 0.25) is 5.91 Å². The minimum absolute atomic E-state index is 0.101. The van der Waals surface area contributed by atoms with Crippen LogP contribution >= 0.6 is 0 Å². The lowest BCUT2D eigenvalue weighted by Crippen LogP contribution is -2.34. The van der Waals surface area contributed by atoms with Crippen molar-refractivity contribution in [3.63, 3.8) is 0 Å². The number of aryl methyl sites for hydroxylation is 1. The average Bonchev–Trinajstić information content (AvgIpc) is 2.95. The molecule has 1 aliphatic heterocycles. The molecule has 0 radical (unpaired) electrons. The summed E-state index contributed by atoms with van der Waals surface area (Å²) in [4.78, 5) is 26.4. The van der Waals surface area contributed by atoms with Crippen LogP contribution in [-0.2, 0) is 16.0 Å². The SMILES string of the molecule is CCc1ccc(N2C(=O)C[C@@H](Nc3ccc(OC)cc3OC)C2=O)cc1. The standard InChI is InChI=1S/C20H22N2O4/c1-4-13-5-7-14(8-6-13)22-19(23)12-17(20(22)24)21-16-10-9-15(25-2)11-18(16)26-3/h5-11,17,21H,4,12H2,1-3H3/t17-/m1/s1. The van der Waals surface area contributed by atoms with Crippen LogP contribution in [0.3, 0.4) is 0 Å². The third kappa shape index (κ3) is 3.35. The van der Waals surface area contributed by atoms with Gasteiger partial charge in [-0.1, -0.05) is 19.1 Å². The molecule has 0 aliphatic carbocycles. The van der Waals surface area contributed by atoms with Gasteiger partial charge in [-0.15, -0.1) is 0 Å². The summed E-state index contributed by atoms with van der Waals surface area (Å²) in [5, 5.41) is 3.12.